The summed E-state index contributed by atoms with van der Waals surface area (Å²) in [6, 6.07) is 0. The van der Waals surface area contributed by atoms with Crippen LogP contribution in [-0.2, 0) is 9.47 Å². The maximum absolute atomic E-state index is 13.5. The normalized spacial score (nSPS) is 22.0. The molecule has 2 fully saturated rings. The molecule has 0 aliphatic carbocycles. The van der Waals surface area contributed by atoms with Crippen molar-refractivity contribution in [1.82, 2.24) is 38.2 Å². The van der Waals surface area contributed by atoms with E-state index in [2.05, 4.69) is 19.9 Å². The van der Waals surface area contributed by atoms with Crippen LogP contribution in [0.5, 0.6) is 0 Å². The van der Waals surface area contributed by atoms with Gasteiger partial charge in [-0.2, -0.15) is 9.97 Å². The number of anilines is 2. The molecule has 2 aliphatic rings. The molecule has 4 aromatic rings. The molecule has 0 bridgehead atoms. The first-order valence-electron chi connectivity index (χ1n) is 13.7. The second-order valence-electron chi connectivity index (χ2n) is 10.5. The number of nitrogens with two attached hydrogens (primary N) is 2. The second-order valence-corrected chi connectivity index (χ2v) is 10.5. The lowest BCUT2D eigenvalue weighted by Crippen LogP contribution is -2.30. The van der Waals surface area contributed by atoms with E-state index in [0.29, 0.717) is 12.8 Å². The molecule has 0 spiro atoms. The zero-order valence-electron chi connectivity index (χ0n) is 23.0. The van der Waals surface area contributed by atoms with Crippen molar-refractivity contribution in [1.29, 1.82) is 0 Å². The van der Waals surface area contributed by atoms with Gasteiger partial charge in [0, 0.05) is 12.8 Å². The number of imidazole rings is 2. The van der Waals surface area contributed by atoms with Crippen LogP contribution in [-0.4, -0.2) is 85.7 Å². The minimum absolute atomic E-state index is 0.225. The molecule has 6 rings (SSSR count). The Bertz CT molecular complexity index is 1900. The fraction of sp³-hybridized carbons (Fsp3) is 0.500. The first-order valence-corrected chi connectivity index (χ1v) is 13.7. The fourth-order valence-electron chi connectivity index (χ4n) is 5.74. The number of aromatic amines is 2. The van der Waals surface area contributed by atoms with Crippen molar-refractivity contribution >= 4 is 46.0 Å². The molecule has 20 nitrogen and oxygen atoms in total. The number of nitrogens with one attached hydrogen (secondary N) is 2. The van der Waals surface area contributed by atoms with Crippen LogP contribution in [0.15, 0.2) is 19.2 Å². The van der Waals surface area contributed by atoms with Gasteiger partial charge in [-0.15, -0.1) is 0 Å². The predicted octanol–water partition coefficient (Wildman–Crippen LogP) is -2.65. The highest BCUT2D eigenvalue weighted by molar-refractivity contribution is 5.95. The van der Waals surface area contributed by atoms with Gasteiger partial charge < -0.3 is 31.2 Å². The zero-order valence-corrected chi connectivity index (χ0v) is 23.0. The van der Waals surface area contributed by atoms with E-state index in [1.807, 2.05) is 0 Å². The number of rotatable bonds is 7. The SMILES string of the molecule is Nc1nc(=O)c2[nH]c(=O)n([C@H]3CC[C@@H](CO)O3)c2n1C(=O)CCC(=O)n1c(N)nc(=O)c2[nH]c(=O)n([C@H]3CC[C@@H](CO)O3)c21. The van der Waals surface area contributed by atoms with E-state index in [0.717, 1.165) is 18.3 Å². The Hall–Kier alpha value is -4.92. The number of ether oxygens (including phenoxy) is 2. The van der Waals surface area contributed by atoms with Crippen LogP contribution >= 0.6 is 0 Å². The molecule has 20 heteroatoms. The summed E-state index contributed by atoms with van der Waals surface area (Å²) in [4.78, 5) is 89.9. The molecule has 8 N–H and O–H groups in total. The topological polar surface area (TPSA) is 290 Å². The smallest absolute Gasteiger partial charge is 0.329 e. The van der Waals surface area contributed by atoms with Gasteiger partial charge in [0.15, 0.2) is 22.3 Å². The van der Waals surface area contributed by atoms with E-state index in [1.165, 1.54) is 0 Å². The lowest BCUT2D eigenvalue weighted by atomic mass is 10.2. The average Bonchev–Trinajstić information content (AvgIpc) is 3.77. The van der Waals surface area contributed by atoms with E-state index in [-0.39, 0.29) is 48.4 Å². The van der Waals surface area contributed by atoms with Crippen LogP contribution < -0.4 is 34.0 Å². The molecule has 0 unspecified atom stereocenters. The summed E-state index contributed by atoms with van der Waals surface area (Å²) in [6.07, 6.45) is -2.69. The van der Waals surface area contributed by atoms with Crippen LogP contribution in [0.1, 0.15) is 60.6 Å². The van der Waals surface area contributed by atoms with E-state index in [9.17, 15) is 39.0 Å². The van der Waals surface area contributed by atoms with Crippen LogP contribution in [0, 0.1) is 0 Å². The lowest BCUT2D eigenvalue weighted by Gasteiger charge is -2.18. The third kappa shape index (κ3) is 4.63. The lowest BCUT2D eigenvalue weighted by molar-refractivity contribution is -0.0223. The van der Waals surface area contributed by atoms with Gasteiger partial charge in [0.1, 0.15) is 12.5 Å². The third-order valence-electron chi connectivity index (χ3n) is 7.75. The predicted molar refractivity (Wildman–Crippen MR) is 149 cm³/mol. The highest BCUT2D eigenvalue weighted by Crippen LogP contribution is 2.30. The minimum Gasteiger partial charge on any atom is -0.394 e. The zero-order chi connectivity index (χ0) is 31.4. The van der Waals surface area contributed by atoms with Crippen LogP contribution in [0.3, 0.4) is 0 Å². The van der Waals surface area contributed by atoms with Gasteiger partial charge in [-0.05, 0) is 25.7 Å². The number of aliphatic hydroxyl groups excluding tert-OH is 2. The molecule has 2 saturated heterocycles. The van der Waals surface area contributed by atoms with Crippen LogP contribution in [0.2, 0.25) is 0 Å². The molecule has 0 saturated carbocycles. The van der Waals surface area contributed by atoms with Crippen molar-refractivity contribution in [2.24, 2.45) is 0 Å². The van der Waals surface area contributed by atoms with Crippen molar-refractivity contribution in [2.75, 3.05) is 24.7 Å². The van der Waals surface area contributed by atoms with E-state index in [4.69, 9.17) is 20.9 Å². The fourth-order valence-corrected chi connectivity index (χ4v) is 5.74. The van der Waals surface area contributed by atoms with Crippen molar-refractivity contribution < 1.29 is 29.3 Å². The first kappa shape index (κ1) is 29.2. The van der Waals surface area contributed by atoms with Crippen molar-refractivity contribution in [3.05, 3.63) is 41.7 Å². The number of aromatic nitrogens is 8. The van der Waals surface area contributed by atoms with E-state index in [1.54, 1.807) is 0 Å². The summed E-state index contributed by atoms with van der Waals surface area (Å²) in [5, 5.41) is 18.9. The number of fused-ring (bicyclic) bond motifs is 2. The number of carbonyl (C=O) groups is 2. The molecule has 4 aromatic heterocycles. The average molecular weight is 617 g/mol. The number of aliphatic hydroxyl groups is 2. The number of hydrogen-bond donors (Lipinski definition) is 6. The Morgan fingerprint density at radius 2 is 1.11 bits per heavy atom. The molecular formula is C24H28N10O10. The molecule has 44 heavy (non-hydrogen) atoms. The van der Waals surface area contributed by atoms with Crippen LogP contribution in [0.25, 0.3) is 22.3 Å². The number of hydrogen-bond acceptors (Lipinski definition) is 14. The number of nitrogens with zero attached hydrogens (tertiary/aromatic N) is 6. The highest BCUT2D eigenvalue weighted by Gasteiger charge is 2.33. The Kier molecular flexibility index (Phi) is 7.27. The van der Waals surface area contributed by atoms with E-state index < -0.39 is 83.7 Å². The summed E-state index contributed by atoms with van der Waals surface area (Å²) in [7, 11) is 0. The summed E-state index contributed by atoms with van der Waals surface area (Å²) in [5.41, 5.74) is 7.49. The first-order chi connectivity index (χ1) is 21.0. The van der Waals surface area contributed by atoms with Gasteiger partial charge in [-0.3, -0.25) is 38.3 Å². The molecular weight excluding hydrogens is 588 g/mol. The highest BCUT2D eigenvalue weighted by atomic mass is 16.5. The molecule has 4 atom stereocenters. The van der Waals surface area contributed by atoms with Gasteiger partial charge in [0.05, 0.1) is 25.4 Å². The maximum atomic E-state index is 13.5. The van der Waals surface area contributed by atoms with Gasteiger partial charge in [0.25, 0.3) is 0 Å². The molecule has 0 aromatic carbocycles. The molecule has 6 heterocycles. The van der Waals surface area contributed by atoms with Gasteiger partial charge >= 0.3 is 22.5 Å². The van der Waals surface area contributed by atoms with Crippen molar-refractivity contribution in [2.45, 2.75) is 63.2 Å². The maximum Gasteiger partial charge on any atom is 0.329 e. The molecule has 2 aliphatic heterocycles. The van der Waals surface area contributed by atoms with Crippen molar-refractivity contribution in [3.63, 3.8) is 0 Å². The Morgan fingerprint density at radius 1 is 0.727 bits per heavy atom. The van der Waals surface area contributed by atoms with Crippen molar-refractivity contribution in [3.8, 4) is 0 Å². The van der Waals surface area contributed by atoms with Crippen LogP contribution in [0.4, 0.5) is 11.9 Å². The third-order valence-corrected chi connectivity index (χ3v) is 7.75. The Labute approximate surface area is 243 Å². The Morgan fingerprint density at radius 3 is 1.45 bits per heavy atom. The summed E-state index contributed by atoms with van der Waals surface area (Å²) in [6.45, 7) is -0.601. The molecule has 234 valence electrons. The molecule has 0 amide bonds. The Balaban J connectivity index is 1.36. The summed E-state index contributed by atoms with van der Waals surface area (Å²) in [5.74, 6) is -2.77. The standard InChI is InChI=1S/C24H28N10O10/c25-21-29-17(39)15-19(33(23(41)27-15)13-5-1-9(7-35)43-13)31(21)11(37)3-4-12(38)32-20-16(18(40)30-22(32)26)28-24(42)34(20)14-6-2-10(8-36)44-14/h9-10,13-14,35-36H,1-8H2,(H,27,41)(H,28,42)(H2,25,29,39)(H2,26,30,40)/t9-,10-,13+,14+/m0/s1. The second kappa shape index (κ2) is 11.0. The summed E-state index contributed by atoms with van der Waals surface area (Å²) >= 11 is 0. The van der Waals surface area contributed by atoms with Gasteiger partial charge in [-0.25, -0.2) is 18.7 Å². The molecule has 0 radical (unpaired) electrons. The quantitative estimate of drug-likeness (QED) is 0.124. The number of carbonyl (C=O) groups excluding carboxylic acids is 2. The van der Waals surface area contributed by atoms with Gasteiger partial charge in [0.2, 0.25) is 23.7 Å². The van der Waals surface area contributed by atoms with Gasteiger partial charge in [-0.1, -0.05) is 0 Å². The largest absolute Gasteiger partial charge is 0.394 e. The number of H-pyrrole nitrogens is 2. The number of nitrogen functional groups attached to an aromatic ring is 2. The van der Waals surface area contributed by atoms with E-state index >= 15 is 0 Å². The summed E-state index contributed by atoms with van der Waals surface area (Å²) < 4.78 is 15.1. The minimum atomic E-state index is -0.927. The monoisotopic (exact) mass is 616 g/mol.